The molecule has 0 saturated heterocycles. The van der Waals surface area contributed by atoms with Gasteiger partial charge in [-0.3, -0.25) is 9.59 Å². The van der Waals surface area contributed by atoms with E-state index < -0.39 is 18.2 Å². The fourth-order valence-corrected chi connectivity index (χ4v) is 9.27. The molecule has 0 heterocycles. The van der Waals surface area contributed by atoms with E-state index in [-0.39, 0.29) is 24.9 Å². The number of aliphatic hydroxyl groups excluding tert-OH is 2. The van der Waals surface area contributed by atoms with Crippen molar-refractivity contribution >= 4 is 11.9 Å². The quantitative estimate of drug-likeness (QED) is 0.0321. The maximum atomic E-state index is 13.3. The van der Waals surface area contributed by atoms with E-state index >= 15 is 0 Å². The maximum Gasteiger partial charge on any atom is 0.306 e. The lowest BCUT2D eigenvalue weighted by atomic mass is 10.0. The Morgan fingerprint density at radius 2 is 0.806 bits per heavy atom. The second kappa shape index (κ2) is 55.0. The predicted molar refractivity (Wildman–Crippen MR) is 292 cm³/mol. The summed E-state index contributed by atoms with van der Waals surface area (Å²) in [7, 11) is 0. The number of rotatable bonds is 54. The normalized spacial score (nSPS) is 13.3. The highest BCUT2D eigenvalue weighted by molar-refractivity contribution is 5.77. The summed E-state index contributed by atoms with van der Waals surface area (Å²) >= 11 is 0. The minimum Gasteiger partial charge on any atom is -0.462 e. The zero-order chi connectivity index (χ0) is 48.8. The van der Waals surface area contributed by atoms with Crippen molar-refractivity contribution in [3.63, 3.8) is 0 Å². The smallest absolute Gasteiger partial charge is 0.306 e. The number of aliphatic hydroxyl groups is 2. The molecule has 1 amide bonds. The van der Waals surface area contributed by atoms with E-state index in [1.54, 1.807) is 0 Å². The standard InChI is InChI=1S/C61H115NO5/c1-4-7-10-13-16-19-22-25-28-30-31-33-36-39-42-45-48-51-54-61(66)67-57(52-49-46-43-40-37-34-27-24-21-18-15-12-9-6-3)55-60(65)62-58(56-63)59(64)53-50-47-44-41-38-35-32-29-26-23-20-17-14-11-8-5-2/h9,12,18,21,27,34,57-59,63-64H,4-8,10-11,13-17,19-20,22-26,28-33,35-56H2,1-3H3,(H,62,65)/b12-9+,21-18+,34-27+. The predicted octanol–water partition coefficient (Wildman–Crippen LogP) is 18.4. The second-order valence-electron chi connectivity index (χ2n) is 20.4. The molecule has 67 heavy (non-hydrogen) atoms. The molecule has 3 unspecified atom stereocenters. The van der Waals surface area contributed by atoms with Crippen LogP contribution in [0.25, 0.3) is 0 Å². The van der Waals surface area contributed by atoms with Gasteiger partial charge in [0.05, 0.1) is 25.2 Å². The Bertz CT molecular complexity index is 1100. The highest BCUT2D eigenvalue weighted by Crippen LogP contribution is 2.19. The van der Waals surface area contributed by atoms with Gasteiger partial charge >= 0.3 is 5.97 Å². The van der Waals surface area contributed by atoms with Crippen molar-refractivity contribution in [2.24, 2.45) is 0 Å². The Morgan fingerprint density at radius 3 is 1.22 bits per heavy atom. The van der Waals surface area contributed by atoms with Crippen molar-refractivity contribution in [2.45, 2.75) is 334 Å². The number of unbranched alkanes of at least 4 members (excludes halogenated alkanes) is 36. The number of nitrogens with one attached hydrogen (secondary N) is 1. The third-order valence-corrected chi connectivity index (χ3v) is 13.7. The first-order valence-corrected chi connectivity index (χ1v) is 29.7. The van der Waals surface area contributed by atoms with Gasteiger partial charge in [-0.15, -0.1) is 0 Å². The SMILES string of the molecule is CC/C=C/C/C=C/C/C=C/CCCCCCC(CC(=O)NC(CO)C(O)CCCCCCCCCCCCCCCCCC)OC(=O)CCCCCCCCCCCCCCCCCCCC. The van der Waals surface area contributed by atoms with Gasteiger partial charge in [0.25, 0.3) is 0 Å². The summed E-state index contributed by atoms with van der Waals surface area (Å²) in [6.45, 7) is 6.41. The molecule has 6 heteroatoms. The summed E-state index contributed by atoms with van der Waals surface area (Å²) in [6, 6.07) is -0.707. The molecule has 3 N–H and O–H groups in total. The summed E-state index contributed by atoms with van der Waals surface area (Å²) in [5.74, 6) is -0.478. The number of allylic oxidation sites excluding steroid dienone is 6. The number of hydrogen-bond donors (Lipinski definition) is 3. The number of carbonyl (C=O) groups excluding carboxylic acids is 2. The van der Waals surface area contributed by atoms with Gasteiger partial charge in [-0.2, -0.15) is 0 Å². The van der Waals surface area contributed by atoms with E-state index in [0.717, 1.165) is 83.5 Å². The van der Waals surface area contributed by atoms with Gasteiger partial charge in [-0.1, -0.05) is 282 Å². The van der Waals surface area contributed by atoms with Gasteiger partial charge in [0.1, 0.15) is 6.10 Å². The Kier molecular flexibility index (Phi) is 53.4. The Labute approximate surface area is 417 Å². The Balaban J connectivity index is 4.50. The molecule has 0 aromatic carbocycles. The number of carbonyl (C=O) groups is 2. The van der Waals surface area contributed by atoms with Gasteiger partial charge in [0.2, 0.25) is 5.91 Å². The van der Waals surface area contributed by atoms with Gasteiger partial charge in [0, 0.05) is 6.42 Å². The minimum absolute atomic E-state index is 0.0671. The lowest BCUT2D eigenvalue weighted by Crippen LogP contribution is -2.46. The van der Waals surface area contributed by atoms with Crippen molar-refractivity contribution in [1.29, 1.82) is 0 Å². The van der Waals surface area contributed by atoms with Crippen LogP contribution in [0.15, 0.2) is 36.5 Å². The van der Waals surface area contributed by atoms with E-state index in [1.165, 1.54) is 186 Å². The third-order valence-electron chi connectivity index (χ3n) is 13.7. The van der Waals surface area contributed by atoms with Crippen molar-refractivity contribution in [3.05, 3.63) is 36.5 Å². The number of ether oxygens (including phenoxy) is 1. The van der Waals surface area contributed by atoms with Gasteiger partial charge in [-0.05, 0) is 57.8 Å². The van der Waals surface area contributed by atoms with Crippen LogP contribution in [0.4, 0.5) is 0 Å². The summed E-state index contributed by atoms with van der Waals surface area (Å²) in [5, 5.41) is 23.9. The first-order chi connectivity index (χ1) is 33.0. The Morgan fingerprint density at radius 1 is 0.448 bits per heavy atom. The van der Waals surface area contributed by atoms with Crippen LogP contribution in [0.1, 0.15) is 316 Å². The van der Waals surface area contributed by atoms with E-state index in [4.69, 9.17) is 4.74 Å². The fourth-order valence-electron chi connectivity index (χ4n) is 9.27. The summed E-state index contributed by atoms with van der Waals surface area (Å²) < 4.78 is 5.96. The topological polar surface area (TPSA) is 95.9 Å². The molecule has 394 valence electrons. The van der Waals surface area contributed by atoms with Crippen molar-refractivity contribution < 1.29 is 24.5 Å². The van der Waals surface area contributed by atoms with Crippen molar-refractivity contribution in [3.8, 4) is 0 Å². The molecule has 0 spiro atoms. The van der Waals surface area contributed by atoms with Crippen LogP contribution in [0.5, 0.6) is 0 Å². The van der Waals surface area contributed by atoms with Gasteiger partial charge < -0.3 is 20.3 Å². The third kappa shape index (κ3) is 50.3. The van der Waals surface area contributed by atoms with Gasteiger partial charge in [-0.25, -0.2) is 0 Å². The lowest BCUT2D eigenvalue weighted by molar-refractivity contribution is -0.151. The highest BCUT2D eigenvalue weighted by Gasteiger charge is 2.24. The fraction of sp³-hybridized carbons (Fsp3) is 0.869. The molecule has 0 rings (SSSR count). The molecule has 0 aliphatic rings. The largest absolute Gasteiger partial charge is 0.462 e. The highest BCUT2D eigenvalue weighted by atomic mass is 16.5. The van der Waals surface area contributed by atoms with Crippen molar-refractivity contribution in [1.82, 2.24) is 5.32 Å². The molecule has 0 aliphatic carbocycles. The molecule has 0 aromatic heterocycles. The van der Waals surface area contributed by atoms with E-state index in [0.29, 0.717) is 19.3 Å². The molecule has 0 radical (unpaired) electrons. The molecule has 0 aromatic rings. The molecule has 0 fully saturated rings. The maximum absolute atomic E-state index is 13.3. The minimum atomic E-state index is -0.792. The monoisotopic (exact) mass is 942 g/mol. The van der Waals surface area contributed by atoms with Crippen LogP contribution in [-0.2, 0) is 14.3 Å². The average Bonchev–Trinajstić information content (AvgIpc) is 3.32. The van der Waals surface area contributed by atoms with E-state index in [9.17, 15) is 19.8 Å². The van der Waals surface area contributed by atoms with Crippen LogP contribution in [0.2, 0.25) is 0 Å². The zero-order valence-electron chi connectivity index (χ0n) is 45.0. The summed E-state index contributed by atoms with van der Waals surface area (Å²) in [6.07, 6.45) is 66.4. The summed E-state index contributed by atoms with van der Waals surface area (Å²) in [5.41, 5.74) is 0. The molecule has 0 saturated carbocycles. The lowest BCUT2D eigenvalue weighted by Gasteiger charge is -2.24. The average molecular weight is 943 g/mol. The molecule has 6 nitrogen and oxygen atoms in total. The molecule has 0 aliphatic heterocycles. The van der Waals surface area contributed by atoms with Crippen molar-refractivity contribution in [2.75, 3.05) is 6.61 Å². The molecular weight excluding hydrogens is 827 g/mol. The zero-order valence-corrected chi connectivity index (χ0v) is 45.0. The number of hydrogen-bond acceptors (Lipinski definition) is 5. The summed E-state index contributed by atoms with van der Waals surface area (Å²) in [4.78, 5) is 26.3. The van der Waals surface area contributed by atoms with Gasteiger partial charge in [0.15, 0.2) is 0 Å². The first kappa shape index (κ1) is 65.1. The van der Waals surface area contributed by atoms with Crippen LogP contribution < -0.4 is 5.32 Å². The van der Waals surface area contributed by atoms with E-state index in [1.807, 2.05) is 0 Å². The molecular formula is C61H115NO5. The Hall–Kier alpha value is -1.92. The van der Waals surface area contributed by atoms with Crippen LogP contribution in [0.3, 0.4) is 0 Å². The van der Waals surface area contributed by atoms with Crippen LogP contribution in [0, 0.1) is 0 Å². The molecule has 3 atom stereocenters. The van der Waals surface area contributed by atoms with Crippen LogP contribution in [-0.4, -0.2) is 46.9 Å². The number of amides is 1. The van der Waals surface area contributed by atoms with E-state index in [2.05, 4.69) is 62.5 Å². The second-order valence-corrected chi connectivity index (χ2v) is 20.4. The number of esters is 1. The molecule has 0 bridgehead atoms. The first-order valence-electron chi connectivity index (χ1n) is 29.7. The van der Waals surface area contributed by atoms with Crippen LogP contribution >= 0.6 is 0 Å².